The number of anilines is 1. The van der Waals surface area contributed by atoms with E-state index in [1.54, 1.807) is 48.9 Å². The topological polar surface area (TPSA) is 81.9 Å². The van der Waals surface area contributed by atoms with E-state index in [1.165, 1.54) is 0 Å². The standard InChI is InChI=1S/C18H22N2O4S/c1-23-17-10-5-13(12-18(17)24-2)16-4-3-11-20(16)25(21,22)15-8-6-14(19)7-9-15/h5-10,12,16H,3-4,11,19H2,1-2H3/t16-/m1/s1. The van der Waals surface area contributed by atoms with E-state index in [4.69, 9.17) is 15.2 Å². The van der Waals surface area contributed by atoms with Crippen molar-refractivity contribution in [3.63, 3.8) is 0 Å². The number of nitrogens with zero attached hydrogens (tertiary/aromatic N) is 1. The van der Waals surface area contributed by atoms with Gasteiger partial charge in [0.15, 0.2) is 11.5 Å². The Labute approximate surface area is 148 Å². The molecule has 0 spiro atoms. The second-order valence-electron chi connectivity index (χ2n) is 5.96. The molecule has 1 fully saturated rings. The third-order valence-electron chi connectivity index (χ3n) is 4.48. The minimum absolute atomic E-state index is 0.220. The molecular formula is C18H22N2O4S. The van der Waals surface area contributed by atoms with Crippen LogP contribution in [0.15, 0.2) is 47.4 Å². The third kappa shape index (κ3) is 3.29. The van der Waals surface area contributed by atoms with E-state index in [9.17, 15) is 8.42 Å². The smallest absolute Gasteiger partial charge is 0.243 e. The lowest BCUT2D eigenvalue weighted by Crippen LogP contribution is -2.30. The summed E-state index contributed by atoms with van der Waals surface area (Å²) in [5, 5.41) is 0. The first kappa shape index (κ1) is 17.6. The van der Waals surface area contributed by atoms with Crippen molar-refractivity contribution >= 4 is 15.7 Å². The molecule has 6 nitrogen and oxygen atoms in total. The molecule has 1 aliphatic rings. The molecule has 0 radical (unpaired) electrons. The van der Waals surface area contributed by atoms with Gasteiger partial charge in [-0.25, -0.2) is 8.42 Å². The zero-order valence-electron chi connectivity index (χ0n) is 14.3. The summed E-state index contributed by atoms with van der Waals surface area (Å²) in [4.78, 5) is 0.258. The molecule has 1 atom stereocenters. The van der Waals surface area contributed by atoms with Crippen molar-refractivity contribution in [2.45, 2.75) is 23.8 Å². The van der Waals surface area contributed by atoms with Gasteiger partial charge in [0.2, 0.25) is 10.0 Å². The molecule has 0 aliphatic carbocycles. The second-order valence-corrected chi connectivity index (χ2v) is 7.85. The molecule has 25 heavy (non-hydrogen) atoms. The van der Waals surface area contributed by atoms with Crippen molar-refractivity contribution in [2.75, 3.05) is 26.5 Å². The van der Waals surface area contributed by atoms with Crippen LogP contribution in [0.3, 0.4) is 0 Å². The lowest BCUT2D eigenvalue weighted by molar-refractivity contribution is 0.351. The average molecular weight is 362 g/mol. The van der Waals surface area contributed by atoms with Gasteiger partial charge in [0.25, 0.3) is 0 Å². The molecule has 2 aromatic rings. The van der Waals surface area contributed by atoms with Gasteiger partial charge in [-0.3, -0.25) is 0 Å². The molecule has 2 aromatic carbocycles. The fourth-order valence-corrected chi connectivity index (χ4v) is 4.88. The van der Waals surface area contributed by atoms with Crippen molar-refractivity contribution in [2.24, 2.45) is 0 Å². The molecule has 2 N–H and O–H groups in total. The van der Waals surface area contributed by atoms with E-state index < -0.39 is 10.0 Å². The molecular weight excluding hydrogens is 340 g/mol. The summed E-state index contributed by atoms with van der Waals surface area (Å²) in [6, 6.07) is 11.6. The number of methoxy groups -OCH3 is 2. The third-order valence-corrected chi connectivity index (χ3v) is 6.41. The maximum atomic E-state index is 13.0. The number of hydrogen-bond donors (Lipinski definition) is 1. The van der Waals surface area contributed by atoms with Gasteiger partial charge in [0.1, 0.15) is 0 Å². The van der Waals surface area contributed by atoms with Crippen LogP contribution in [0, 0.1) is 0 Å². The number of ether oxygens (including phenoxy) is 2. The van der Waals surface area contributed by atoms with Gasteiger partial charge in [0, 0.05) is 12.2 Å². The zero-order valence-corrected chi connectivity index (χ0v) is 15.1. The lowest BCUT2D eigenvalue weighted by atomic mass is 10.0. The van der Waals surface area contributed by atoms with Gasteiger partial charge in [-0.2, -0.15) is 4.31 Å². The fourth-order valence-electron chi connectivity index (χ4n) is 3.20. The number of rotatable bonds is 5. The molecule has 1 saturated heterocycles. The fraction of sp³-hybridized carbons (Fsp3) is 0.333. The van der Waals surface area contributed by atoms with Crippen molar-refractivity contribution in [1.29, 1.82) is 0 Å². The van der Waals surface area contributed by atoms with E-state index in [0.717, 1.165) is 18.4 Å². The van der Waals surface area contributed by atoms with E-state index in [0.29, 0.717) is 23.7 Å². The van der Waals surface area contributed by atoms with Crippen LogP contribution in [-0.2, 0) is 10.0 Å². The highest BCUT2D eigenvalue weighted by atomic mass is 32.2. The van der Waals surface area contributed by atoms with E-state index in [-0.39, 0.29) is 10.9 Å². The Hall–Kier alpha value is -2.25. The van der Waals surface area contributed by atoms with Crippen molar-refractivity contribution in [3.8, 4) is 11.5 Å². The van der Waals surface area contributed by atoms with Crippen LogP contribution >= 0.6 is 0 Å². The van der Waals surface area contributed by atoms with Gasteiger partial charge in [-0.05, 0) is 54.8 Å². The van der Waals surface area contributed by atoms with Crippen LogP contribution in [0.5, 0.6) is 11.5 Å². The second kappa shape index (κ2) is 6.93. The SMILES string of the molecule is COc1ccc([C@H]2CCCN2S(=O)(=O)c2ccc(N)cc2)cc1OC. The molecule has 0 bridgehead atoms. The number of sulfonamides is 1. The lowest BCUT2D eigenvalue weighted by Gasteiger charge is -2.25. The Balaban J connectivity index is 1.96. The van der Waals surface area contributed by atoms with E-state index >= 15 is 0 Å². The Morgan fingerprint density at radius 1 is 1.04 bits per heavy atom. The highest BCUT2D eigenvalue weighted by Gasteiger charge is 2.36. The summed E-state index contributed by atoms with van der Waals surface area (Å²) >= 11 is 0. The first-order chi connectivity index (χ1) is 12.0. The zero-order chi connectivity index (χ0) is 18.0. The van der Waals surface area contributed by atoms with Gasteiger partial charge in [-0.15, -0.1) is 0 Å². The largest absolute Gasteiger partial charge is 0.493 e. The predicted molar refractivity (Wildman–Crippen MR) is 96.3 cm³/mol. The molecule has 3 rings (SSSR count). The molecule has 1 aliphatic heterocycles. The molecule has 1 heterocycles. The molecule has 0 unspecified atom stereocenters. The quantitative estimate of drug-likeness (QED) is 0.827. The highest BCUT2D eigenvalue weighted by Crippen LogP contribution is 2.39. The monoisotopic (exact) mass is 362 g/mol. The summed E-state index contributed by atoms with van der Waals surface area (Å²) < 4.78 is 38.2. The van der Waals surface area contributed by atoms with Crippen LogP contribution in [0.2, 0.25) is 0 Å². The van der Waals surface area contributed by atoms with Gasteiger partial charge in [-0.1, -0.05) is 6.07 Å². The van der Waals surface area contributed by atoms with E-state index in [2.05, 4.69) is 0 Å². The summed E-state index contributed by atoms with van der Waals surface area (Å²) in [7, 11) is -0.439. The maximum Gasteiger partial charge on any atom is 0.243 e. The summed E-state index contributed by atoms with van der Waals surface area (Å²) in [5.74, 6) is 1.22. The minimum Gasteiger partial charge on any atom is -0.493 e. The molecule has 0 saturated carbocycles. The van der Waals surface area contributed by atoms with Crippen molar-refractivity contribution in [1.82, 2.24) is 4.31 Å². The van der Waals surface area contributed by atoms with Crippen LogP contribution in [0.25, 0.3) is 0 Å². The Kier molecular flexibility index (Phi) is 4.87. The average Bonchev–Trinajstić information content (AvgIpc) is 3.12. The van der Waals surface area contributed by atoms with Gasteiger partial charge < -0.3 is 15.2 Å². The van der Waals surface area contributed by atoms with Crippen LogP contribution < -0.4 is 15.2 Å². The molecule has 0 aromatic heterocycles. The van der Waals surface area contributed by atoms with Crippen molar-refractivity contribution < 1.29 is 17.9 Å². The van der Waals surface area contributed by atoms with Gasteiger partial charge in [0.05, 0.1) is 25.2 Å². The summed E-state index contributed by atoms with van der Waals surface area (Å²) in [6.45, 7) is 0.492. The van der Waals surface area contributed by atoms with Crippen LogP contribution in [0.4, 0.5) is 5.69 Å². The Morgan fingerprint density at radius 3 is 2.36 bits per heavy atom. The Bertz CT molecular complexity index is 850. The van der Waals surface area contributed by atoms with Crippen molar-refractivity contribution in [3.05, 3.63) is 48.0 Å². The number of benzene rings is 2. The van der Waals surface area contributed by atoms with Gasteiger partial charge >= 0.3 is 0 Å². The first-order valence-electron chi connectivity index (χ1n) is 8.06. The maximum absolute atomic E-state index is 13.0. The highest BCUT2D eigenvalue weighted by molar-refractivity contribution is 7.89. The normalized spacial score (nSPS) is 18.2. The Morgan fingerprint density at radius 2 is 1.72 bits per heavy atom. The first-order valence-corrected chi connectivity index (χ1v) is 9.50. The number of nitrogen functional groups attached to an aromatic ring is 1. The van der Waals surface area contributed by atoms with Crippen LogP contribution in [-0.4, -0.2) is 33.5 Å². The number of nitrogens with two attached hydrogens (primary N) is 1. The predicted octanol–water partition coefficient (Wildman–Crippen LogP) is 2.81. The summed E-state index contributed by atoms with van der Waals surface area (Å²) in [5.41, 5.74) is 7.10. The van der Waals surface area contributed by atoms with Crippen LogP contribution in [0.1, 0.15) is 24.4 Å². The minimum atomic E-state index is -3.58. The molecule has 0 amide bonds. The van der Waals surface area contributed by atoms with E-state index in [1.807, 2.05) is 12.1 Å². The number of hydrogen-bond acceptors (Lipinski definition) is 5. The molecule has 7 heteroatoms. The molecule has 134 valence electrons. The summed E-state index contributed by atoms with van der Waals surface area (Å²) in [6.07, 6.45) is 1.58.